The number of carbonyl (C=O) groups is 1. The van der Waals surface area contributed by atoms with Crippen LogP contribution >= 0.6 is 22.6 Å². The van der Waals surface area contributed by atoms with Gasteiger partial charge in [0.1, 0.15) is 5.82 Å². The molecule has 0 saturated carbocycles. The molecule has 1 aliphatic heterocycles. The molecular weight excluding hydrogens is 385 g/mol. The summed E-state index contributed by atoms with van der Waals surface area (Å²) in [6, 6.07) is 3.82. The summed E-state index contributed by atoms with van der Waals surface area (Å²) in [5, 5.41) is 11.2. The van der Waals surface area contributed by atoms with Gasteiger partial charge in [-0.25, -0.2) is 4.79 Å². The summed E-state index contributed by atoms with van der Waals surface area (Å²) in [5.41, 5.74) is 0.00530. The van der Waals surface area contributed by atoms with Gasteiger partial charge < -0.3 is 15.3 Å². The molecular formula is C14H20IN3O3. The highest BCUT2D eigenvalue weighted by Crippen LogP contribution is 2.32. The van der Waals surface area contributed by atoms with E-state index in [1.54, 1.807) is 11.6 Å². The van der Waals surface area contributed by atoms with E-state index < -0.39 is 6.09 Å². The number of nitrogens with one attached hydrogen (secondary N) is 1. The predicted octanol–water partition coefficient (Wildman–Crippen LogP) is 1.86. The molecule has 0 atom stereocenters. The standard InChI is InChI=1S/C14H20IN3O3/c1-14(9-16-13(20)21)5-7-18(8-6-14)11-4-3-10(15)12(19)17(11)2/h3-4,16H,5-9H2,1-2H3,(H,20,21). The summed E-state index contributed by atoms with van der Waals surface area (Å²) in [6.45, 7) is 4.23. The van der Waals surface area contributed by atoms with Crippen molar-refractivity contribution in [2.24, 2.45) is 12.5 Å². The van der Waals surface area contributed by atoms with Crippen molar-refractivity contribution in [3.05, 3.63) is 26.1 Å². The van der Waals surface area contributed by atoms with Crippen molar-refractivity contribution in [3.8, 4) is 0 Å². The number of aromatic nitrogens is 1. The number of nitrogens with zero attached hydrogens (tertiary/aromatic N) is 2. The van der Waals surface area contributed by atoms with Gasteiger partial charge in [-0.1, -0.05) is 6.92 Å². The van der Waals surface area contributed by atoms with Crippen LogP contribution in [0, 0.1) is 8.99 Å². The first-order chi connectivity index (χ1) is 9.82. The molecule has 0 aromatic carbocycles. The Bertz CT molecular complexity index is 592. The van der Waals surface area contributed by atoms with Gasteiger partial charge in [0.25, 0.3) is 5.56 Å². The smallest absolute Gasteiger partial charge is 0.404 e. The Balaban J connectivity index is 2.06. The van der Waals surface area contributed by atoms with Crippen LogP contribution in [0.4, 0.5) is 10.6 Å². The van der Waals surface area contributed by atoms with Crippen LogP contribution < -0.4 is 15.8 Å². The predicted molar refractivity (Wildman–Crippen MR) is 90.0 cm³/mol. The Morgan fingerprint density at radius 3 is 2.62 bits per heavy atom. The number of piperidine rings is 1. The SMILES string of the molecule is Cn1c(N2CCC(C)(CNC(=O)O)CC2)ccc(I)c1=O. The van der Waals surface area contributed by atoms with E-state index >= 15 is 0 Å². The second-order valence-corrected chi connectivity index (χ2v) is 7.02. The molecule has 2 rings (SSSR count). The molecule has 0 unspecified atom stereocenters. The summed E-state index contributed by atoms with van der Waals surface area (Å²) in [5.74, 6) is 0.925. The zero-order valence-electron chi connectivity index (χ0n) is 12.2. The lowest BCUT2D eigenvalue weighted by atomic mass is 9.80. The van der Waals surface area contributed by atoms with Gasteiger partial charge in [0.15, 0.2) is 0 Å². The van der Waals surface area contributed by atoms with E-state index in [9.17, 15) is 9.59 Å². The molecule has 1 saturated heterocycles. The Morgan fingerprint density at radius 1 is 1.43 bits per heavy atom. The van der Waals surface area contributed by atoms with Gasteiger partial charge in [-0.3, -0.25) is 9.36 Å². The maximum atomic E-state index is 12.0. The van der Waals surface area contributed by atoms with Gasteiger partial charge in [0.2, 0.25) is 0 Å². The molecule has 0 radical (unpaired) electrons. The van der Waals surface area contributed by atoms with Gasteiger partial charge in [0, 0.05) is 26.7 Å². The van der Waals surface area contributed by atoms with Crippen molar-refractivity contribution in [2.45, 2.75) is 19.8 Å². The highest BCUT2D eigenvalue weighted by Gasteiger charge is 2.31. The molecule has 1 aromatic rings. The highest BCUT2D eigenvalue weighted by atomic mass is 127. The Kier molecular flexibility index (Phi) is 4.80. The first-order valence-corrected chi connectivity index (χ1v) is 7.97. The summed E-state index contributed by atoms with van der Waals surface area (Å²) in [6.07, 6.45) is 0.819. The van der Waals surface area contributed by atoms with Gasteiger partial charge in [-0.2, -0.15) is 0 Å². The number of rotatable bonds is 3. The van der Waals surface area contributed by atoms with Crippen molar-refractivity contribution in [2.75, 3.05) is 24.5 Å². The third kappa shape index (κ3) is 3.69. The number of halogens is 1. The lowest BCUT2D eigenvalue weighted by molar-refractivity contribution is 0.178. The minimum absolute atomic E-state index is 0.0169. The quantitative estimate of drug-likeness (QED) is 0.754. The molecule has 21 heavy (non-hydrogen) atoms. The summed E-state index contributed by atoms with van der Waals surface area (Å²) in [4.78, 5) is 24.8. The molecule has 2 heterocycles. The molecule has 2 N–H and O–H groups in total. The van der Waals surface area contributed by atoms with Crippen LogP contribution in [-0.4, -0.2) is 35.4 Å². The van der Waals surface area contributed by atoms with Crippen molar-refractivity contribution < 1.29 is 9.90 Å². The number of hydrogen-bond donors (Lipinski definition) is 2. The van der Waals surface area contributed by atoms with Crippen LogP contribution in [0.2, 0.25) is 0 Å². The first kappa shape index (κ1) is 16.1. The van der Waals surface area contributed by atoms with E-state index in [-0.39, 0.29) is 11.0 Å². The third-order valence-corrected chi connectivity index (χ3v) is 5.01. The largest absolute Gasteiger partial charge is 0.465 e. The Labute approximate surface area is 137 Å². The third-order valence-electron chi connectivity index (χ3n) is 4.19. The lowest BCUT2D eigenvalue weighted by Crippen LogP contribution is -2.45. The van der Waals surface area contributed by atoms with E-state index in [1.807, 2.05) is 34.7 Å². The number of pyridine rings is 1. The van der Waals surface area contributed by atoms with E-state index in [0.29, 0.717) is 10.1 Å². The Morgan fingerprint density at radius 2 is 2.05 bits per heavy atom. The Hall–Kier alpha value is -1.25. The maximum absolute atomic E-state index is 12.0. The molecule has 0 bridgehead atoms. The molecule has 1 aliphatic rings. The minimum Gasteiger partial charge on any atom is -0.465 e. The van der Waals surface area contributed by atoms with Gasteiger partial charge in [0.05, 0.1) is 3.57 Å². The summed E-state index contributed by atoms with van der Waals surface area (Å²) >= 11 is 2.04. The minimum atomic E-state index is -0.973. The summed E-state index contributed by atoms with van der Waals surface area (Å²) < 4.78 is 2.39. The number of anilines is 1. The molecule has 1 fully saturated rings. The van der Waals surface area contributed by atoms with Gasteiger partial charge >= 0.3 is 6.09 Å². The molecule has 116 valence electrons. The number of carboxylic acid groups (broad SMARTS) is 1. The second kappa shape index (κ2) is 6.25. The van der Waals surface area contributed by atoms with E-state index in [1.165, 1.54) is 0 Å². The highest BCUT2D eigenvalue weighted by molar-refractivity contribution is 14.1. The van der Waals surface area contributed by atoms with Crippen LogP contribution in [0.15, 0.2) is 16.9 Å². The fraction of sp³-hybridized carbons (Fsp3) is 0.571. The van der Waals surface area contributed by atoms with Gasteiger partial charge in [-0.15, -0.1) is 0 Å². The molecule has 7 heteroatoms. The average molecular weight is 405 g/mol. The molecule has 0 aliphatic carbocycles. The van der Waals surface area contributed by atoms with Crippen molar-refractivity contribution in [1.29, 1.82) is 0 Å². The molecule has 1 amide bonds. The lowest BCUT2D eigenvalue weighted by Gasteiger charge is -2.40. The summed E-state index contributed by atoms with van der Waals surface area (Å²) in [7, 11) is 1.79. The second-order valence-electron chi connectivity index (χ2n) is 5.86. The first-order valence-electron chi connectivity index (χ1n) is 6.90. The normalized spacial score (nSPS) is 17.6. The van der Waals surface area contributed by atoms with Crippen molar-refractivity contribution in [3.63, 3.8) is 0 Å². The van der Waals surface area contributed by atoms with Crippen LogP contribution in [-0.2, 0) is 7.05 Å². The monoisotopic (exact) mass is 405 g/mol. The molecule has 1 aromatic heterocycles. The number of hydrogen-bond acceptors (Lipinski definition) is 3. The van der Waals surface area contributed by atoms with E-state index in [2.05, 4.69) is 17.1 Å². The van der Waals surface area contributed by atoms with Crippen LogP contribution in [0.3, 0.4) is 0 Å². The van der Waals surface area contributed by atoms with Gasteiger partial charge in [-0.05, 0) is 53.0 Å². The maximum Gasteiger partial charge on any atom is 0.404 e. The fourth-order valence-electron chi connectivity index (χ4n) is 2.65. The number of amides is 1. The van der Waals surface area contributed by atoms with E-state index in [0.717, 1.165) is 31.7 Å². The van der Waals surface area contributed by atoms with Crippen LogP contribution in [0.1, 0.15) is 19.8 Å². The molecule has 6 nitrogen and oxygen atoms in total. The average Bonchev–Trinajstić information content (AvgIpc) is 2.45. The fourth-order valence-corrected chi connectivity index (χ4v) is 3.20. The van der Waals surface area contributed by atoms with Crippen molar-refractivity contribution in [1.82, 2.24) is 9.88 Å². The van der Waals surface area contributed by atoms with Crippen LogP contribution in [0.25, 0.3) is 0 Å². The van der Waals surface area contributed by atoms with E-state index in [4.69, 9.17) is 5.11 Å². The van der Waals surface area contributed by atoms with Crippen LogP contribution in [0.5, 0.6) is 0 Å². The zero-order valence-corrected chi connectivity index (χ0v) is 14.4. The zero-order chi connectivity index (χ0) is 15.6. The van der Waals surface area contributed by atoms with Crippen molar-refractivity contribution >= 4 is 34.5 Å². The molecule has 0 spiro atoms. The topological polar surface area (TPSA) is 74.6 Å².